The van der Waals surface area contributed by atoms with Gasteiger partial charge in [0.1, 0.15) is 0 Å². The Labute approximate surface area is 96.0 Å². The molecule has 0 unspecified atom stereocenters. The number of halogens is 1. The molecule has 1 aliphatic rings. The first-order valence-corrected chi connectivity index (χ1v) is 5.30. The van der Waals surface area contributed by atoms with Crippen molar-refractivity contribution in [3.05, 3.63) is 11.7 Å². The molecule has 0 saturated heterocycles. The SMILES string of the molecule is Cc1noc(C2CCC(CN)CC2)n1.Cl. The maximum Gasteiger partial charge on any atom is 0.229 e. The maximum absolute atomic E-state index is 5.64. The third-order valence-corrected chi connectivity index (χ3v) is 3.07. The molecule has 15 heavy (non-hydrogen) atoms. The van der Waals surface area contributed by atoms with Crippen molar-refractivity contribution < 1.29 is 4.52 Å². The lowest BCUT2D eigenvalue weighted by Crippen LogP contribution is -2.20. The van der Waals surface area contributed by atoms with Crippen LogP contribution in [0, 0.1) is 12.8 Å². The second-order valence-electron chi connectivity index (χ2n) is 4.13. The molecule has 2 rings (SSSR count). The quantitative estimate of drug-likeness (QED) is 0.846. The highest BCUT2D eigenvalue weighted by molar-refractivity contribution is 5.85. The highest BCUT2D eigenvalue weighted by Gasteiger charge is 2.25. The van der Waals surface area contributed by atoms with Gasteiger partial charge in [-0.2, -0.15) is 4.98 Å². The first-order chi connectivity index (χ1) is 6.79. The van der Waals surface area contributed by atoms with Crippen molar-refractivity contribution in [2.75, 3.05) is 6.54 Å². The standard InChI is InChI=1S/C10H17N3O.ClH/c1-7-12-10(14-13-7)9-4-2-8(6-11)3-5-9;/h8-9H,2-6,11H2,1H3;1H. The molecule has 0 bridgehead atoms. The van der Waals surface area contributed by atoms with Crippen LogP contribution < -0.4 is 5.73 Å². The van der Waals surface area contributed by atoms with Crippen LogP contribution in [0.3, 0.4) is 0 Å². The average molecular weight is 232 g/mol. The van der Waals surface area contributed by atoms with Gasteiger partial charge in [-0.25, -0.2) is 0 Å². The highest BCUT2D eigenvalue weighted by atomic mass is 35.5. The first kappa shape index (κ1) is 12.5. The zero-order valence-corrected chi connectivity index (χ0v) is 9.80. The smallest absolute Gasteiger partial charge is 0.229 e. The third-order valence-electron chi connectivity index (χ3n) is 3.07. The van der Waals surface area contributed by atoms with E-state index in [0.29, 0.717) is 11.8 Å². The molecule has 1 saturated carbocycles. The number of aryl methyl sites for hydroxylation is 1. The third kappa shape index (κ3) is 2.92. The second kappa shape index (κ2) is 5.47. The Bertz CT molecular complexity index is 295. The predicted molar refractivity (Wildman–Crippen MR) is 60.0 cm³/mol. The fourth-order valence-electron chi connectivity index (χ4n) is 2.12. The number of hydrogen-bond acceptors (Lipinski definition) is 4. The van der Waals surface area contributed by atoms with Gasteiger partial charge in [-0.3, -0.25) is 0 Å². The number of rotatable bonds is 2. The molecule has 0 radical (unpaired) electrons. The van der Waals surface area contributed by atoms with Gasteiger partial charge in [-0.15, -0.1) is 12.4 Å². The molecule has 1 heterocycles. The molecular formula is C10H18ClN3O. The minimum absolute atomic E-state index is 0. The molecule has 1 aromatic rings. The summed E-state index contributed by atoms with van der Waals surface area (Å²) in [5.74, 6) is 2.73. The Morgan fingerprint density at radius 2 is 2.00 bits per heavy atom. The van der Waals surface area contributed by atoms with Crippen LogP contribution in [0.15, 0.2) is 4.52 Å². The van der Waals surface area contributed by atoms with Gasteiger partial charge in [0.05, 0.1) is 0 Å². The van der Waals surface area contributed by atoms with Crippen molar-refractivity contribution >= 4 is 12.4 Å². The van der Waals surface area contributed by atoms with Gasteiger partial charge in [0.25, 0.3) is 0 Å². The van der Waals surface area contributed by atoms with Crippen molar-refractivity contribution in [1.82, 2.24) is 10.1 Å². The van der Waals surface area contributed by atoms with E-state index in [1.807, 2.05) is 6.92 Å². The van der Waals surface area contributed by atoms with Gasteiger partial charge in [0.2, 0.25) is 5.89 Å². The van der Waals surface area contributed by atoms with E-state index < -0.39 is 0 Å². The topological polar surface area (TPSA) is 64.9 Å². The lowest BCUT2D eigenvalue weighted by molar-refractivity contribution is 0.274. The van der Waals surface area contributed by atoms with E-state index in [4.69, 9.17) is 10.3 Å². The Morgan fingerprint density at radius 3 is 2.47 bits per heavy atom. The second-order valence-corrected chi connectivity index (χ2v) is 4.13. The van der Waals surface area contributed by atoms with Crippen LogP contribution in [0.1, 0.15) is 43.3 Å². The van der Waals surface area contributed by atoms with Crippen molar-refractivity contribution in [3.63, 3.8) is 0 Å². The van der Waals surface area contributed by atoms with E-state index in [2.05, 4.69) is 10.1 Å². The first-order valence-electron chi connectivity index (χ1n) is 5.30. The van der Waals surface area contributed by atoms with Crippen LogP contribution in [0.2, 0.25) is 0 Å². The predicted octanol–water partition coefficient (Wildman–Crippen LogP) is 2.03. The summed E-state index contributed by atoms with van der Waals surface area (Å²) in [5.41, 5.74) is 5.64. The monoisotopic (exact) mass is 231 g/mol. The molecule has 0 aliphatic heterocycles. The van der Waals surface area contributed by atoms with Gasteiger partial charge in [-0.1, -0.05) is 5.16 Å². The van der Waals surface area contributed by atoms with E-state index in [1.54, 1.807) is 0 Å². The Hall–Kier alpha value is -0.610. The number of nitrogens with two attached hydrogens (primary N) is 1. The summed E-state index contributed by atoms with van der Waals surface area (Å²) in [7, 11) is 0. The van der Waals surface area contributed by atoms with Crippen molar-refractivity contribution in [2.45, 2.75) is 38.5 Å². The molecule has 0 amide bonds. The zero-order valence-electron chi connectivity index (χ0n) is 8.98. The minimum Gasteiger partial charge on any atom is -0.339 e. The van der Waals surface area contributed by atoms with Gasteiger partial charge < -0.3 is 10.3 Å². The van der Waals surface area contributed by atoms with Crippen LogP contribution in [0.5, 0.6) is 0 Å². The van der Waals surface area contributed by atoms with Crippen LogP contribution in [0.4, 0.5) is 0 Å². The summed E-state index contributed by atoms with van der Waals surface area (Å²) in [4.78, 5) is 4.28. The summed E-state index contributed by atoms with van der Waals surface area (Å²) in [6.45, 7) is 2.67. The Morgan fingerprint density at radius 1 is 1.33 bits per heavy atom. The van der Waals surface area contributed by atoms with Crippen molar-refractivity contribution in [3.8, 4) is 0 Å². The van der Waals surface area contributed by atoms with E-state index in [1.165, 1.54) is 12.8 Å². The molecule has 4 nitrogen and oxygen atoms in total. The fourth-order valence-corrected chi connectivity index (χ4v) is 2.12. The molecule has 0 aromatic carbocycles. The summed E-state index contributed by atoms with van der Waals surface area (Å²) in [5, 5.41) is 3.82. The van der Waals surface area contributed by atoms with Crippen LogP contribution >= 0.6 is 12.4 Å². The van der Waals surface area contributed by atoms with Crippen molar-refractivity contribution in [1.29, 1.82) is 0 Å². The number of hydrogen-bond donors (Lipinski definition) is 1. The fraction of sp³-hybridized carbons (Fsp3) is 0.800. The lowest BCUT2D eigenvalue weighted by Gasteiger charge is -2.24. The summed E-state index contributed by atoms with van der Waals surface area (Å²) in [6.07, 6.45) is 4.68. The Kier molecular flexibility index (Phi) is 4.54. The zero-order chi connectivity index (χ0) is 9.97. The highest BCUT2D eigenvalue weighted by Crippen LogP contribution is 2.34. The van der Waals surface area contributed by atoms with Gasteiger partial charge in [-0.05, 0) is 45.1 Å². The van der Waals surface area contributed by atoms with Gasteiger partial charge in [0, 0.05) is 5.92 Å². The molecular weight excluding hydrogens is 214 g/mol. The normalized spacial score (nSPS) is 26.0. The molecule has 1 aromatic heterocycles. The largest absolute Gasteiger partial charge is 0.339 e. The molecule has 2 N–H and O–H groups in total. The Balaban J connectivity index is 0.00000112. The van der Waals surface area contributed by atoms with E-state index in [0.717, 1.165) is 31.1 Å². The molecule has 0 atom stereocenters. The molecule has 1 aliphatic carbocycles. The summed E-state index contributed by atoms with van der Waals surface area (Å²) >= 11 is 0. The minimum atomic E-state index is 0. The van der Waals surface area contributed by atoms with Crippen LogP contribution in [-0.2, 0) is 0 Å². The summed E-state index contributed by atoms with van der Waals surface area (Å²) in [6, 6.07) is 0. The van der Waals surface area contributed by atoms with Gasteiger partial charge >= 0.3 is 0 Å². The maximum atomic E-state index is 5.64. The molecule has 5 heteroatoms. The van der Waals surface area contributed by atoms with Crippen LogP contribution in [0.25, 0.3) is 0 Å². The van der Waals surface area contributed by atoms with Crippen LogP contribution in [-0.4, -0.2) is 16.7 Å². The molecule has 0 spiro atoms. The van der Waals surface area contributed by atoms with E-state index in [-0.39, 0.29) is 12.4 Å². The van der Waals surface area contributed by atoms with Crippen molar-refractivity contribution in [2.24, 2.45) is 11.7 Å². The number of nitrogens with zero attached hydrogens (tertiary/aromatic N) is 2. The lowest BCUT2D eigenvalue weighted by atomic mass is 9.82. The number of aromatic nitrogens is 2. The molecule has 1 fully saturated rings. The van der Waals surface area contributed by atoms with Gasteiger partial charge in [0.15, 0.2) is 5.82 Å². The summed E-state index contributed by atoms with van der Waals surface area (Å²) < 4.78 is 5.18. The van der Waals surface area contributed by atoms with E-state index >= 15 is 0 Å². The van der Waals surface area contributed by atoms with E-state index in [9.17, 15) is 0 Å². The molecule has 86 valence electrons. The average Bonchev–Trinajstić information content (AvgIpc) is 2.65.